The van der Waals surface area contributed by atoms with Crippen LogP contribution in [0.4, 0.5) is 24.7 Å². The van der Waals surface area contributed by atoms with Crippen molar-refractivity contribution in [1.82, 2.24) is 10.3 Å². The molecule has 2 aromatic rings. The summed E-state index contributed by atoms with van der Waals surface area (Å²) in [6.07, 6.45) is -1.37. The van der Waals surface area contributed by atoms with Gasteiger partial charge in [-0.2, -0.15) is 13.2 Å². The standard InChI is InChI=1S/C20H23F3N4O/c1-14-4-6-17(27-10-2-3-11-27)16(12-14)19(28)25-9-8-24-18-7-5-15(13-26-18)20(21,22)23/h4-7,12-13H,2-3,8-11H2,1H3,(H,24,26)(H,25,28). The Morgan fingerprint density at radius 3 is 2.54 bits per heavy atom. The number of nitrogens with zero attached hydrogens (tertiary/aromatic N) is 2. The number of anilines is 2. The Morgan fingerprint density at radius 2 is 1.89 bits per heavy atom. The second-order valence-electron chi connectivity index (χ2n) is 6.83. The summed E-state index contributed by atoms with van der Waals surface area (Å²) in [4.78, 5) is 18.6. The number of aromatic nitrogens is 1. The van der Waals surface area contributed by atoms with Crippen LogP contribution in [0, 0.1) is 6.92 Å². The molecule has 1 aliphatic heterocycles. The molecular formula is C20H23F3N4O. The molecule has 1 aromatic heterocycles. The molecule has 1 aromatic carbocycles. The largest absolute Gasteiger partial charge is 0.417 e. The van der Waals surface area contributed by atoms with Crippen LogP contribution in [0.5, 0.6) is 0 Å². The highest BCUT2D eigenvalue weighted by Crippen LogP contribution is 2.29. The maximum atomic E-state index is 12.6. The Morgan fingerprint density at radius 1 is 1.14 bits per heavy atom. The summed E-state index contributed by atoms with van der Waals surface area (Å²) in [5, 5.41) is 5.77. The lowest BCUT2D eigenvalue weighted by Crippen LogP contribution is -2.31. The average molecular weight is 392 g/mol. The number of carbonyl (C=O) groups excluding carboxylic acids is 1. The molecule has 0 aliphatic carbocycles. The molecule has 8 heteroatoms. The molecule has 2 N–H and O–H groups in total. The predicted molar refractivity (Wildman–Crippen MR) is 103 cm³/mol. The second-order valence-corrected chi connectivity index (χ2v) is 6.83. The molecule has 0 radical (unpaired) electrons. The molecule has 150 valence electrons. The summed E-state index contributed by atoms with van der Waals surface area (Å²) in [5.74, 6) is 0.170. The maximum absolute atomic E-state index is 12.6. The smallest absolute Gasteiger partial charge is 0.371 e. The monoisotopic (exact) mass is 392 g/mol. The fourth-order valence-corrected chi connectivity index (χ4v) is 3.19. The molecule has 0 unspecified atom stereocenters. The van der Waals surface area contributed by atoms with Crippen molar-refractivity contribution in [2.75, 3.05) is 36.4 Å². The molecular weight excluding hydrogens is 369 g/mol. The van der Waals surface area contributed by atoms with Crippen molar-refractivity contribution >= 4 is 17.4 Å². The van der Waals surface area contributed by atoms with Crippen molar-refractivity contribution in [3.8, 4) is 0 Å². The Labute approximate surface area is 162 Å². The van der Waals surface area contributed by atoms with Gasteiger partial charge in [-0.25, -0.2) is 4.98 Å². The Hall–Kier alpha value is -2.77. The van der Waals surface area contributed by atoms with Crippen molar-refractivity contribution in [3.63, 3.8) is 0 Å². The topological polar surface area (TPSA) is 57.3 Å². The Balaban J connectivity index is 1.54. The van der Waals surface area contributed by atoms with Crippen LogP contribution in [0.2, 0.25) is 0 Å². The van der Waals surface area contributed by atoms with Crippen LogP contribution in [0.1, 0.15) is 34.3 Å². The Kier molecular flexibility index (Phi) is 6.06. The third-order valence-electron chi connectivity index (χ3n) is 4.65. The SMILES string of the molecule is Cc1ccc(N2CCCC2)c(C(=O)NCCNc2ccc(C(F)(F)F)cn2)c1. The van der Waals surface area contributed by atoms with Crippen molar-refractivity contribution in [2.24, 2.45) is 0 Å². The zero-order valence-corrected chi connectivity index (χ0v) is 15.6. The number of benzene rings is 1. The van der Waals surface area contributed by atoms with E-state index in [-0.39, 0.29) is 5.91 Å². The van der Waals surface area contributed by atoms with E-state index in [0.717, 1.165) is 49.4 Å². The fraction of sp³-hybridized carbons (Fsp3) is 0.400. The van der Waals surface area contributed by atoms with Gasteiger partial charge in [0.25, 0.3) is 5.91 Å². The van der Waals surface area contributed by atoms with Gasteiger partial charge in [0.1, 0.15) is 5.82 Å². The van der Waals surface area contributed by atoms with Crippen LogP contribution in [0.25, 0.3) is 0 Å². The fourth-order valence-electron chi connectivity index (χ4n) is 3.19. The van der Waals surface area contributed by atoms with Gasteiger partial charge >= 0.3 is 6.18 Å². The number of nitrogens with one attached hydrogen (secondary N) is 2. The van der Waals surface area contributed by atoms with Gasteiger partial charge in [0.15, 0.2) is 0 Å². The molecule has 28 heavy (non-hydrogen) atoms. The van der Waals surface area contributed by atoms with Gasteiger partial charge in [-0.1, -0.05) is 11.6 Å². The first-order valence-corrected chi connectivity index (χ1v) is 9.25. The molecule has 5 nitrogen and oxygen atoms in total. The van der Waals surface area contributed by atoms with Crippen LogP contribution in [0.15, 0.2) is 36.5 Å². The third-order valence-corrected chi connectivity index (χ3v) is 4.65. The molecule has 0 spiro atoms. The van der Waals surface area contributed by atoms with Crippen molar-refractivity contribution < 1.29 is 18.0 Å². The van der Waals surface area contributed by atoms with Gasteiger partial charge < -0.3 is 15.5 Å². The van der Waals surface area contributed by atoms with Gasteiger partial charge in [0, 0.05) is 38.1 Å². The van der Waals surface area contributed by atoms with E-state index in [1.807, 2.05) is 25.1 Å². The predicted octanol–water partition coefficient (Wildman–Crippen LogP) is 3.85. The average Bonchev–Trinajstić information content (AvgIpc) is 3.19. The molecule has 1 fully saturated rings. The minimum absolute atomic E-state index is 0.159. The normalized spacial score (nSPS) is 14.2. The quantitative estimate of drug-likeness (QED) is 0.734. The summed E-state index contributed by atoms with van der Waals surface area (Å²) < 4.78 is 37.6. The van der Waals surface area contributed by atoms with Gasteiger partial charge in [-0.15, -0.1) is 0 Å². The second kappa shape index (κ2) is 8.50. The van der Waals surface area contributed by atoms with Crippen LogP contribution in [-0.4, -0.2) is 37.1 Å². The highest BCUT2D eigenvalue weighted by molar-refractivity contribution is 6.00. The zero-order chi connectivity index (χ0) is 20.1. The van der Waals surface area contributed by atoms with Crippen LogP contribution in [-0.2, 0) is 6.18 Å². The minimum atomic E-state index is -4.40. The lowest BCUT2D eigenvalue weighted by molar-refractivity contribution is -0.137. The molecule has 1 amide bonds. The van der Waals surface area contributed by atoms with Gasteiger partial charge in [-0.3, -0.25) is 4.79 Å². The molecule has 0 atom stereocenters. The van der Waals surface area contributed by atoms with E-state index in [9.17, 15) is 18.0 Å². The van der Waals surface area contributed by atoms with E-state index in [1.165, 1.54) is 6.07 Å². The van der Waals surface area contributed by atoms with E-state index in [2.05, 4.69) is 20.5 Å². The number of halogens is 3. The summed E-state index contributed by atoms with van der Waals surface area (Å²) in [6.45, 7) is 4.53. The Bertz CT molecular complexity index is 815. The molecule has 1 aliphatic rings. The number of hydrogen-bond acceptors (Lipinski definition) is 4. The van der Waals surface area contributed by atoms with Crippen molar-refractivity contribution in [1.29, 1.82) is 0 Å². The number of rotatable bonds is 6. The van der Waals surface area contributed by atoms with Crippen LogP contribution in [0.3, 0.4) is 0 Å². The van der Waals surface area contributed by atoms with E-state index < -0.39 is 11.7 Å². The van der Waals surface area contributed by atoms with Gasteiger partial charge in [0.2, 0.25) is 0 Å². The molecule has 0 saturated carbocycles. The zero-order valence-electron chi connectivity index (χ0n) is 15.6. The van der Waals surface area contributed by atoms with Gasteiger partial charge in [0.05, 0.1) is 11.1 Å². The number of hydrogen-bond donors (Lipinski definition) is 2. The van der Waals surface area contributed by atoms with E-state index in [4.69, 9.17) is 0 Å². The van der Waals surface area contributed by atoms with Gasteiger partial charge in [-0.05, 0) is 44.0 Å². The molecule has 3 rings (SSSR count). The first-order chi connectivity index (χ1) is 13.3. The van der Waals surface area contributed by atoms with Crippen molar-refractivity contribution in [3.05, 3.63) is 53.2 Å². The summed E-state index contributed by atoms with van der Waals surface area (Å²) >= 11 is 0. The van der Waals surface area contributed by atoms with E-state index in [0.29, 0.717) is 24.5 Å². The third kappa shape index (κ3) is 4.94. The maximum Gasteiger partial charge on any atom is 0.417 e. The minimum Gasteiger partial charge on any atom is -0.371 e. The van der Waals surface area contributed by atoms with E-state index >= 15 is 0 Å². The lowest BCUT2D eigenvalue weighted by Gasteiger charge is -2.21. The number of amides is 1. The molecule has 1 saturated heterocycles. The molecule has 0 bridgehead atoms. The summed E-state index contributed by atoms with van der Waals surface area (Å²) in [7, 11) is 0. The number of aryl methyl sites for hydroxylation is 1. The highest BCUT2D eigenvalue weighted by Gasteiger charge is 2.30. The summed E-state index contributed by atoms with van der Waals surface area (Å²) in [6, 6.07) is 8.12. The lowest BCUT2D eigenvalue weighted by atomic mass is 10.1. The first kappa shape index (κ1) is 20.0. The van der Waals surface area contributed by atoms with Crippen molar-refractivity contribution in [2.45, 2.75) is 25.9 Å². The summed E-state index contributed by atoms with van der Waals surface area (Å²) in [5.41, 5.74) is 1.81. The highest BCUT2D eigenvalue weighted by atomic mass is 19.4. The first-order valence-electron chi connectivity index (χ1n) is 9.25. The van der Waals surface area contributed by atoms with Crippen LogP contribution < -0.4 is 15.5 Å². The number of alkyl halides is 3. The molecule has 2 heterocycles. The number of pyridine rings is 1. The van der Waals surface area contributed by atoms with E-state index in [1.54, 1.807) is 0 Å². The number of carbonyl (C=O) groups is 1. The van der Waals surface area contributed by atoms with Crippen LogP contribution >= 0.6 is 0 Å².